The number of fused-ring (bicyclic) bond motifs is 5. The molecule has 0 spiro atoms. The van der Waals surface area contributed by atoms with Crippen molar-refractivity contribution in [2.24, 2.45) is 0 Å². The van der Waals surface area contributed by atoms with E-state index in [1.807, 2.05) is 0 Å². The van der Waals surface area contributed by atoms with Crippen molar-refractivity contribution in [1.82, 2.24) is 0 Å². The molecular formula is C57H39N. The van der Waals surface area contributed by atoms with E-state index in [1.54, 1.807) is 0 Å². The Kier molecular flexibility index (Phi) is 8.12. The molecule has 272 valence electrons. The van der Waals surface area contributed by atoms with Gasteiger partial charge >= 0.3 is 0 Å². The number of rotatable bonds is 7. The third kappa shape index (κ3) is 5.39. The van der Waals surface area contributed by atoms with Crippen LogP contribution in [0.15, 0.2) is 237 Å². The smallest absolute Gasteiger partial charge is 0.0714 e. The topological polar surface area (TPSA) is 3.24 Å². The zero-order valence-corrected chi connectivity index (χ0v) is 32.0. The average molecular weight is 738 g/mol. The van der Waals surface area contributed by atoms with Crippen molar-refractivity contribution >= 4 is 38.6 Å². The molecule has 1 aliphatic carbocycles. The van der Waals surface area contributed by atoms with E-state index in [9.17, 15) is 0 Å². The minimum absolute atomic E-state index is 0.504. The van der Waals surface area contributed by atoms with Crippen molar-refractivity contribution in [3.8, 4) is 33.4 Å². The molecule has 0 fully saturated rings. The van der Waals surface area contributed by atoms with E-state index in [0.29, 0.717) is 0 Å². The number of benzene rings is 10. The van der Waals surface area contributed by atoms with Crippen molar-refractivity contribution in [3.63, 3.8) is 0 Å². The molecule has 0 heterocycles. The Balaban J connectivity index is 1.14. The Morgan fingerprint density at radius 1 is 0.293 bits per heavy atom. The van der Waals surface area contributed by atoms with Crippen LogP contribution in [-0.4, -0.2) is 0 Å². The lowest BCUT2D eigenvalue weighted by atomic mass is 9.67. The van der Waals surface area contributed by atoms with Crippen LogP contribution in [-0.2, 0) is 5.41 Å². The van der Waals surface area contributed by atoms with E-state index >= 15 is 0 Å². The highest BCUT2D eigenvalue weighted by Crippen LogP contribution is 2.57. The van der Waals surface area contributed by atoms with Crippen LogP contribution in [0.25, 0.3) is 54.9 Å². The molecule has 1 aliphatic rings. The fourth-order valence-electron chi connectivity index (χ4n) is 9.55. The zero-order chi connectivity index (χ0) is 38.5. The van der Waals surface area contributed by atoms with Crippen LogP contribution in [0.4, 0.5) is 17.1 Å². The first-order valence-corrected chi connectivity index (χ1v) is 20.1. The van der Waals surface area contributed by atoms with Crippen LogP contribution in [0.2, 0.25) is 0 Å². The Morgan fingerprint density at radius 2 is 0.845 bits per heavy atom. The quantitative estimate of drug-likeness (QED) is 0.157. The number of anilines is 3. The second-order valence-electron chi connectivity index (χ2n) is 15.2. The van der Waals surface area contributed by atoms with Gasteiger partial charge in [0.1, 0.15) is 0 Å². The van der Waals surface area contributed by atoms with Crippen LogP contribution >= 0.6 is 0 Å². The highest BCUT2D eigenvalue weighted by atomic mass is 15.1. The molecule has 10 aromatic carbocycles. The van der Waals surface area contributed by atoms with Crippen molar-refractivity contribution in [3.05, 3.63) is 259 Å². The molecule has 0 unspecified atom stereocenters. The summed E-state index contributed by atoms with van der Waals surface area (Å²) in [5.41, 5.74) is 15.3. The lowest BCUT2D eigenvalue weighted by molar-refractivity contribution is 0.768. The predicted octanol–water partition coefficient (Wildman–Crippen LogP) is 15.2. The molecule has 0 saturated carbocycles. The maximum absolute atomic E-state index is 2.46. The maximum Gasteiger partial charge on any atom is 0.0714 e. The summed E-state index contributed by atoms with van der Waals surface area (Å²) in [6, 6.07) is 86.9. The summed E-state index contributed by atoms with van der Waals surface area (Å²) >= 11 is 0. The number of hydrogen-bond acceptors (Lipinski definition) is 1. The van der Waals surface area contributed by atoms with E-state index in [0.717, 1.165) is 17.1 Å². The summed E-state index contributed by atoms with van der Waals surface area (Å²) in [6.45, 7) is 0. The first-order chi connectivity index (χ1) is 28.8. The molecule has 0 radical (unpaired) electrons. The van der Waals surface area contributed by atoms with Crippen LogP contribution in [0.3, 0.4) is 0 Å². The molecule has 58 heavy (non-hydrogen) atoms. The van der Waals surface area contributed by atoms with Gasteiger partial charge in [-0.2, -0.15) is 0 Å². The van der Waals surface area contributed by atoms with Gasteiger partial charge in [-0.3, -0.25) is 0 Å². The molecule has 0 saturated heterocycles. The highest BCUT2D eigenvalue weighted by Gasteiger charge is 2.46. The van der Waals surface area contributed by atoms with Gasteiger partial charge in [0.25, 0.3) is 0 Å². The molecule has 11 rings (SSSR count). The summed E-state index contributed by atoms with van der Waals surface area (Å²) < 4.78 is 0. The first kappa shape index (κ1) is 33.8. The summed E-state index contributed by atoms with van der Waals surface area (Å²) in [5.74, 6) is 0. The van der Waals surface area contributed by atoms with Crippen LogP contribution in [0.5, 0.6) is 0 Å². The Labute approximate surface area is 339 Å². The molecule has 1 nitrogen and oxygen atoms in total. The van der Waals surface area contributed by atoms with Gasteiger partial charge in [-0.15, -0.1) is 0 Å². The van der Waals surface area contributed by atoms with E-state index in [4.69, 9.17) is 0 Å². The SMILES string of the molecule is c1ccc(-c2ccccc2N(c2ccc3c(c2)C(c2ccccc2)(c2ccccc2)c2ccccc2-3)c2ccc3cc(-c4cccc5ccccc45)ccc3c2)cc1. The van der Waals surface area contributed by atoms with Gasteiger partial charge in [0.2, 0.25) is 0 Å². The number of nitrogens with zero attached hydrogens (tertiary/aromatic N) is 1. The maximum atomic E-state index is 2.46. The fraction of sp³-hybridized carbons (Fsp3) is 0.0175. The third-order valence-electron chi connectivity index (χ3n) is 12.1. The Hall–Kier alpha value is -7.48. The average Bonchev–Trinajstić information content (AvgIpc) is 3.60. The van der Waals surface area contributed by atoms with Crippen molar-refractivity contribution < 1.29 is 0 Å². The normalized spacial score (nSPS) is 12.6. The summed E-state index contributed by atoms with van der Waals surface area (Å²) in [5, 5.41) is 4.93. The minimum Gasteiger partial charge on any atom is -0.310 e. The van der Waals surface area contributed by atoms with Crippen LogP contribution in [0.1, 0.15) is 22.3 Å². The molecule has 0 bridgehead atoms. The minimum atomic E-state index is -0.504. The van der Waals surface area contributed by atoms with Gasteiger partial charge in [0.15, 0.2) is 0 Å². The molecular weight excluding hydrogens is 699 g/mol. The summed E-state index contributed by atoms with van der Waals surface area (Å²) in [7, 11) is 0. The monoisotopic (exact) mass is 737 g/mol. The van der Waals surface area contributed by atoms with Crippen molar-refractivity contribution in [2.75, 3.05) is 4.90 Å². The fourth-order valence-corrected chi connectivity index (χ4v) is 9.55. The lowest BCUT2D eigenvalue weighted by Gasteiger charge is -2.35. The van der Waals surface area contributed by atoms with Gasteiger partial charge < -0.3 is 4.90 Å². The van der Waals surface area contributed by atoms with Crippen molar-refractivity contribution in [1.29, 1.82) is 0 Å². The first-order valence-electron chi connectivity index (χ1n) is 20.1. The second kappa shape index (κ2) is 13.9. The highest BCUT2D eigenvalue weighted by molar-refractivity contribution is 6.00. The molecule has 1 heteroatoms. The zero-order valence-electron chi connectivity index (χ0n) is 32.0. The van der Waals surface area contributed by atoms with Gasteiger partial charge in [-0.1, -0.05) is 200 Å². The molecule has 0 amide bonds. The molecule has 10 aromatic rings. The largest absolute Gasteiger partial charge is 0.310 e. The standard InChI is InChI=1S/C57H39N/c1-4-17-41(18-5-1)51-26-13-15-30-56(51)58(47-34-33-42-37-44(32-31-43(42)38-47)50-28-16-20-40-19-10-11-25-49(40)50)48-35-36-53-52-27-12-14-29-54(52)57(55(53)39-48,45-21-6-2-7-22-45)46-23-8-3-9-24-46/h1-39H. The molecule has 0 aromatic heterocycles. The van der Waals surface area contributed by atoms with E-state index in [-0.39, 0.29) is 0 Å². The van der Waals surface area contributed by atoms with Gasteiger partial charge in [-0.05, 0) is 108 Å². The third-order valence-corrected chi connectivity index (χ3v) is 12.1. The van der Waals surface area contributed by atoms with Gasteiger partial charge in [0, 0.05) is 16.9 Å². The Morgan fingerprint density at radius 3 is 1.64 bits per heavy atom. The van der Waals surface area contributed by atoms with Crippen LogP contribution < -0.4 is 4.90 Å². The van der Waals surface area contributed by atoms with Crippen LogP contribution in [0, 0.1) is 0 Å². The molecule has 0 aliphatic heterocycles. The van der Waals surface area contributed by atoms with E-state index in [1.165, 1.54) is 77.2 Å². The number of para-hydroxylation sites is 1. The summed E-state index contributed by atoms with van der Waals surface area (Å²) in [6.07, 6.45) is 0. The predicted molar refractivity (Wildman–Crippen MR) is 244 cm³/mol. The second-order valence-corrected chi connectivity index (χ2v) is 15.2. The number of hydrogen-bond donors (Lipinski definition) is 0. The van der Waals surface area contributed by atoms with E-state index < -0.39 is 5.41 Å². The lowest BCUT2D eigenvalue weighted by Crippen LogP contribution is -2.28. The Bertz CT molecular complexity index is 3070. The van der Waals surface area contributed by atoms with Gasteiger partial charge in [0.05, 0.1) is 11.1 Å². The van der Waals surface area contributed by atoms with E-state index in [2.05, 4.69) is 241 Å². The molecule has 0 atom stereocenters. The van der Waals surface area contributed by atoms with Crippen molar-refractivity contribution in [2.45, 2.75) is 5.41 Å². The molecule has 0 N–H and O–H groups in total. The summed E-state index contributed by atoms with van der Waals surface area (Å²) in [4.78, 5) is 2.46. The van der Waals surface area contributed by atoms with Gasteiger partial charge in [-0.25, -0.2) is 0 Å².